The molecule has 2 heterocycles. The predicted octanol–water partition coefficient (Wildman–Crippen LogP) is 12.1. The van der Waals surface area contributed by atoms with Crippen molar-refractivity contribution in [2.45, 2.75) is 0 Å². The summed E-state index contributed by atoms with van der Waals surface area (Å²) in [6.45, 7) is 0. The summed E-state index contributed by atoms with van der Waals surface area (Å²) in [6, 6.07) is 57.9. The molecule has 0 radical (unpaired) electrons. The van der Waals surface area contributed by atoms with E-state index in [1.165, 1.54) is 27.5 Å². The van der Waals surface area contributed by atoms with E-state index in [1.807, 2.05) is 18.3 Å². The normalized spacial score (nSPS) is 11.5. The first kappa shape index (κ1) is 26.2. The van der Waals surface area contributed by atoms with Gasteiger partial charge in [0.15, 0.2) is 5.58 Å². The molecule has 0 spiro atoms. The van der Waals surface area contributed by atoms with Gasteiger partial charge in [-0.25, -0.2) is 0 Å². The number of hydrogen-bond donors (Lipinski definition) is 0. The highest BCUT2D eigenvalue weighted by Crippen LogP contribution is 2.41. The van der Waals surface area contributed by atoms with Crippen LogP contribution in [0.5, 0.6) is 0 Å². The zero-order valence-electron chi connectivity index (χ0n) is 25.0. The van der Waals surface area contributed by atoms with Crippen molar-refractivity contribution in [3.8, 4) is 22.3 Å². The summed E-state index contributed by atoms with van der Waals surface area (Å²) in [6.07, 6.45) is 1.93. The molecule has 3 heteroatoms. The Kier molecular flexibility index (Phi) is 6.14. The number of pyridine rings is 1. The fourth-order valence-corrected chi connectivity index (χ4v) is 6.64. The second-order valence-corrected chi connectivity index (χ2v) is 11.6. The molecule has 2 aromatic heterocycles. The summed E-state index contributed by atoms with van der Waals surface area (Å²) in [4.78, 5) is 7.09. The second kappa shape index (κ2) is 10.8. The topological polar surface area (TPSA) is 29.3 Å². The average Bonchev–Trinajstić information content (AvgIpc) is 3.51. The van der Waals surface area contributed by atoms with E-state index in [0.717, 1.165) is 55.5 Å². The van der Waals surface area contributed by atoms with Crippen LogP contribution in [0.15, 0.2) is 174 Å². The lowest BCUT2D eigenvalue weighted by atomic mass is 9.98. The lowest BCUT2D eigenvalue weighted by Crippen LogP contribution is -2.10. The Hall–Kier alpha value is -6.19. The van der Waals surface area contributed by atoms with Crippen molar-refractivity contribution in [3.05, 3.63) is 170 Å². The van der Waals surface area contributed by atoms with Crippen LogP contribution in [0.1, 0.15) is 0 Å². The van der Waals surface area contributed by atoms with Crippen molar-refractivity contribution < 1.29 is 4.42 Å². The molecule has 9 rings (SSSR count). The lowest BCUT2D eigenvalue weighted by Gasteiger charge is -2.26. The van der Waals surface area contributed by atoms with Gasteiger partial charge in [-0.2, -0.15) is 0 Å². The van der Waals surface area contributed by atoms with Crippen LogP contribution in [0.4, 0.5) is 17.1 Å². The lowest BCUT2D eigenvalue weighted by molar-refractivity contribution is 0.672. The van der Waals surface area contributed by atoms with E-state index in [9.17, 15) is 0 Å². The van der Waals surface area contributed by atoms with Crippen LogP contribution < -0.4 is 4.90 Å². The molecular formula is C43H28N2O. The Morgan fingerprint density at radius 2 is 1.11 bits per heavy atom. The number of rotatable bonds is 5. The number of hydrogen-bond acceptors (Lipinski definition) is 3. The van der Waals surface area contributed by atoms with Crippen molar-refractivity contribution in [1.29, 1.82) is 0 Å². The van der Waals surface area contributed by atoms with E-state index in [2.05, 4.69) is 157 Å². The zero-order chi connectivity index (χ0) is 30.5. The van der Waals surface area contributed by atoms with Crippen molar-refractivity contribution in [1.82, 2.24) is 4.98 Å². The van der Waals surface area contributed by atoms with Gasteiger partial charge in [-0.15, -0.1) is 0 Å². The maximum Gasteiger partial charge on any atom is 0.161 e. The van der Waals surface area contributed by atoms with Gasteiger partial charge in [-0.1, -0.05) is 121 Å². The molecule has 216 valence electrons. The van der Waals surface area contributed by atoms with Crippen molar-refractivity contribution in [3.63, 3.8) is 0 Å². The van der Waals surface area contributed by atoms with Gasteiger partial charge in [-0.05, 0) is 69.4 Å². The van der Waals surface area contributed by atoms with Crippen molar-refractivity contribution in [2.24, 2.45) is 0 Å². The molecule has 0 aliphatic carbocycles. The highest BCUT2D eigenvalue weighted by molar-refractivity contribution is 6.13. The first-order valence-electron chi connectivity index (χ1n) is 15.5. The van der Waals surface area contributed by atoms with E-state index in [0.29, 0.717) is 0 Å². The summed E-state index contributed by atoms with van der Waals surface area (Å²) in [7, 11) is 0. The summed E-state index contributed by atoms with van der Waals surface area (Å²) < 4.78 is 6.55. The Balaban J connectivity index is 1.21. The minimum Gasteiger partial charge on any atom is -0.454 e. The van der Waals surface area contributed by atoms with Crippen LogP contribution >= 0.6 is 0 Å². The van der Waals surface area contributed by atoms with Gasteiger partial charge in [0.2, 0.25) is 0 Å². The minimum absolute atomic E-state index is 0.813. The van der Waals surface area contributed by atoms with Crippen LogP contribution in [0, 0.1) is 0 Å². The number of anilines is 3. The van der Waals surface area contributed by atoms with E-state index in [4.69, 9.17) is 9.40 Å². The van der Waals surface area contributed by atoms with Crippen molar-refractivity contribution in [2.75, 3.05) is 4.90 Å². The molecule has 0 fully saturated rings. The van der Waals surface area contributed by atoms with E-state index in [-0.39, 0.29) is 0 Å². The molecule has 0 unspecified atom stereocenters. The second-order valence-electron chi connectivity index (χ2n) is 11.6. The van der Waals surface area contributed by atoms with Gasteiger partial charge in [0.1, 0.15) is 11.1 Å². The third kappa shape index (κ3) is 4.41. The Labute approximate surface area is 266 Å². The summed E-state index contributed by atoms with van der Waals surface area (Å²) in [5, 5.41) is 5.64. The Morgan fingerprint density at radius 3 is 1.98 bits per heavy atom. The fourth-order valence-electron chi connectivity index (χ4n) is 6.64. The summed E-state index contributed by atoms with van der Waals surface area (Å²) >= 11 is 0. The van der Waals surface area contributed by atoms with E-state index < -0.39 is 0 Å². The highest BCUT2D eigenvalue weighted by Gasteiger charge is 2.18. The molecule has 0 aliphatic rings. The molecule has 3 nitrogen and oxygen atoms in total. The van der Waals surface area contributed by atoms with Crippen LogP contribution in [-0.4, -0.2) is 4.98 Å². The number of furan rings is 1. The maximum atomic E-state index is 6.55. The van der Waals surface area contributed by atoms with Gasteiger partial charge in [0, 0.05) is 45.5 Å². The molecule has 46 heavy (non-hydrogen) atoms. The van der Waals surface area contributed by atoms with Gasteiger partial charge in [-0.3, -0.25) is 4.98 Å². The van der Waals surface area contributed by atoms with Crippen molar-refractivity contribution >= 4 is 60.7 Å². The fraction of sp³-hybridized carbons (Fsp3) is 0. The first-order valence-corrected chi connectivity index (χ1v) is 15.5. The molecule has 0 saturated heterocycles. The van der Waals surface area contributed by atoms with Crippen LogP contribution in [0.3, 0.4) is 0 Å². The molecule has 0 amide bonds. The molecule has 0 aliphatic heterocycles. The number of aromatic nitrogens is 1. The zero-order valence-corrected chi connectivity index (χ0v) is 25.0. The number of nitrogens with zero attached hydrogens (tertiary/aromatic N) is 2. The quantitative estimate of drug-likeness (QED) is 0.200. The molecule has 0 saturated carbocycles. The van der Waals surface area contributed by atoms with Crippen LogP contribution in [-0.2, 0) is 0 Å². The summed E-state index contributed by atoms with van der Waals surface area (Å²) in [5.74, 6) is 0. The third-order valence-electron chi connectivity index (χ3n) is 8.88. The average molecular weight is 589 g/mol. The van der Waals surface area contributed by atoms with E-state index >= 15 is 0 Å². The van der Waals surface area contributed by atoms with Gasteiger partial charge in [0.25, 0.3) is 0 Å². The third-order valence-corrected chi connectivity index (χ3v) is 8.88. The number of fused-ring (bicyclic) bond motifs is 6. The van der Waals surface area contributed by atoms with E-state index in [1.54, 1.807) is 0 Å². The molecular weight excluding hydrogens is 560 g/mol. The van der Waals surface area contributed by atoms with Gasteiger partial charge >= 0.3 is 0 Å². The SMILES string of the molecule is c1ccc(-c2cccc(N(c3ccc(-c4cccc5ccccc45)cc3)c3ccc4c(c3)oc3c5ccccc5cnc43)c2)cc1. The molecule has 0 bridgehead atoms. The largest absolute Gasteiger partial charge is 0.454 e. The standard InChI is InChI=1S/C43H28N2O/c1-2-10-29(11-3-1)32-15-8-16-35(26-32)45(34-22-20-31(21-23-34)38-19-9-14-30-12-4-6-17-37(30)38)36-24-25-40-41(27-36)46-43-39-18-7-5-13-33(39)28-44-42(40)43/h1-28H. The monoisotopic (exact) mass is 588 g/mol. The predicted molar refractivity (Wildman–Crippen MR) is 192 cm³/mol. The Bertz CT molecular complexity index is 2530. The Morgan fingerprint density at radius 1 is 0.435 bits per heavy atom. The van der Waals surface area contributed by atoms with Gasteiger partial charge in [0.05, 0.1) is 0 Å². The molecule has 9 aromatic rings. The molecule has 7 aromatic carbocycles. The van der Waals surface area contributed by atoms with Crippen LogP contribution in [0.2, 0.25) is 0 Å². The molecule has 0 N–H and O–H groups in total. The first-order chi connectivity index (χ1) is 22.8. The van der Waals surface area contributed by atoms with Gasteiger partial charge < -0.3 is 9.32 Å². The minimum atomic E-state index is 0.813. The smallest absolute Gasteiger partial charge is 0.161 e. The number of benzene rings is 7. The highest BCUT2D eigenvalue weighted by atomic mass is 16.3. The maximum absolute atomic E-state index is 6.55. The van der Waals surface area contributed by atoms with Crippen LogP contribution in [0.25, 0.3) is 65.9 Å². The molecule has 0 atom stereocenters. The summed E-state index contributed by atoms with van der Waals surface area (Å²) in [5.41, 5.74) is 10.4.